The summed E-state index contributed by atoms with van der Waals surface area (Å²) in [6, 6.07) is 6.89. The summed E-state index contributed by atoms with van der Waals surface area (Å²) in [4.78, 5) is 0. The van der Waals surface area contributed by atoms with Gasteiger partial charge in [0.05, 0.1) is 6.61 Å². The summed E-state index contributed by atoms with van der Waals surface area (Å²) in [5, 5.41) is 3.65. The predicted molar refractivity (Wildman–Crippen MR) is 86.7 cm³/mol. The van der Waals surface area contributed by atoms with Gasteiger partial charge in [-0.15, -0.1) is 0 Å². The van der Waals surface area contributed by atoms with Crippen LogP contribution in [0.3, 0.4) is 0 Å². The van der Waals surface area contributed by atoms with Crippen molar-refractivity contribution < 1.29 is 4.74 Å². The van der Waals surface area contributed by atoms with Crippen molar-refractivity contribution in [1.82, 2.24) is 0 Å². The Balaban J connectivity index is 2.05. The quantitative estimate of drug-likeness (QED) is 0.835. The smallest absolute Gasteiger partial charge is 0.0511 e. The maximum Gasteiger partial charge on any atom is 0.0511 e. The number of nitrogens with one attached hydrogen (secondary N) is 1. The number of anilines is 1. The predicted octanol–water partition coefficient (Wildman–Crippen LogP) is 4.77. The van der Waals surface area contributed by atoms with Gasteiger partial charge in [-0.25, -0.2) is 0 Å². The first kappa shape index (κ1) is 15.4. The number of ether oxygens (including phenoxy) is 1. The number of rotatable bonds is 5. The first-order valence-corrected chi connectivity index (χ1v) is 8.03. The van der Waals surface area contributed by atoms with Crippen LogP contribution in [0.4, 0.5) is 5.69 Å². The summed E-state index contributed by atoms with van der Waals surface area (Å²) < 4.78 is 5.56. The molecule has 1 N–H and O–H groups in total. The molecule has 0 radical (unpaired) electrons. The van der Waals surface area contributed by atoms with E-state index < -0.39 is 0 Å². The zero-order chi connectivity index (χ0) is 14.5. The van der Waals surface area contributed by atoms with E-state index in [1.807, 2.05) is 0 Å². The van der Waals surface area contributed by atoms with Crippen LogP contribution in [0, 0.1) is 5.92 Å². The lowest BCUT2D eigenvalue weighted by Gasteiger charge is -2.24. The molecule has 2 nitrogen and oxygen atoms in total. The Morgan fingerprint density at radius 2 is 2.00 bits per heavy atom. The molecule has 2 heteroatoms. The summed E-state index contributed by atoms with van der Waals surface area (Å²) >= 11 is 0. The molecule has 1 atom stereocenters. The first-order chi connectivity index (χ1) is 9.58. The molecule has 1 aliphatic heterocycles. The van der Waals surface area contributed by atoms with Crippen LogP contribution in [0.1, 0.15) is 63.5 Å². The maximum atomic E-state index is 5.56. The highest BCUT2D eigenvalue weighted by molar-refractivity contribution is 5.54. The van der Waals surface area contributed by atoms with Crippen molar-refractivity contribution in [2.24, 2.45) is 5.92 Å². The topological polar surface area (TPSA) is 21.3 Å². The fraction of sp³-hybridized carbons (Fsp3) is 0.667. The van der Waals surface area contributed by atoms with Gasteiger partial charge in [-0.3, -0.25) is 0 Å². The molecule has 0 saturated carbocycles. The minimum absolute atomic E-state index is 0.554. The van der Waals surface area contributed by atoms with E-state index in [1.165, 1.54) is 29.7 Å². The normalized spacial score (nSPS) is 19.6. The molecule has 1 aromatic carbocycles. The molecular formula is C18H29NO. The van der Waals surface area contributed by atoms with E-state index in [0.29, 0.717) is 17.8 Å². The van der Waals surface area contributed by atoms with Crippen LogP contribution in [0.15, 0.2) is 18.2 Å². The van der Waals surface area contributed by atoms with Crippen molar-refractivity contribution in [3.8, 4) is 0 Å². The third-order valence-electron chi connectivity index (χ3n) is 4.20. The average molecular weight is 275 g/mol. The van der Waals surface area contributed by atoms with Crippen molar-refractivity contribution in [2.45, 2.75) is 52.4 Å². The van der Waals surface area contributed by atoms with Gasteiger partial charge in [0.25, 0.3) is 0 Å². The van der Waals surface area contributed by atoms with Crippen LogP contribution in [0.5, 0.6) is 0 Å². The molecule has 0 spiro atoms. The summed E-state index contributed by atoms with van der Waals surface area (Å²) in [6.45, 7) is 11.9. The van der Waals surface area contributed by atoms with Crippen molar-refractivity contribution in [3.05, 3.63) is 29.3 Å². The molecular weight excluding hydrogens is 246 g/mol. The molecule has 1 aliphatic rings. The van der Waals surface area contributed by atoms with Gasteiger partial charge in [-0.2, -0.15) is 0 Å². The van der Waals surface area contributed by atoms with E-state index in [9.17, 15) is 0 Å². The van der Waals surface area contributed by atoms with Crippen molar-refractivity contribution in [2.75, 3.05) is 25.1 Å². The van der Waals surface area contributed by atoms with Gasteiger partial charge in [0, 0.05) is 18.8 Å². The van der Waals surface area contributed by atoms with Gasteiger partial charge in [-0.05, 0) is 47.8 Å². The Morgan fingerprint density at radius 3 is 2.60 bits per heavy atom. The molecule has 0 aromatic heterocycles. The third kappa shape index (κ3) is 3.99. The Labute approximate surface area is 123 Å². The van der Waals surface area contributed by atoms with Gasteiger partial charge >= 0.3 is 0 Å². The van der Waals surface area contributed by atoms with Crippen LogP contribution in [-0.4, -0.2) is 19.8 Å². The van der Waals surface area contributed by atoms with Gasteiger partial charge in [0.15, 0.2) is 0 Å². The van der Waals surface area contributed by atoms with Gasteiger partial charge in [0.2, 0.25) is 0 Å². The lowest BCUT2D eigenvalue weighted by atomic mass is 9.94. The average Bonchev–Trinajstić information content (AvgIpc) is 2.45. The van der Waals surface area contributed by atoms with Crippen molar-refractivity contribution in [1.29, 1.82) is 0 Å². The number of hydrogen-bond donors (Lipinski definition) is 1. The van der Waals surface area contributed by atoms with Gasteiger partial charge < -0.3 is 10.1 Å². The minimum atomic E-state index is 0.554. The molecule has 112 valence electrons. The van der Waals surface area contributed by atoms with E-state index in [4.69, 9.17) is 4.74 Å². The van der Waals surface area contributed by atoms with E-state index in [2.05, 4.69) is 51.2 Å². The van der Waals surface area contributed by atoms with E-state index in [0.717, 1.165) is 19.8 Å². The molecule has 0 bridgehead atoms. The second-order valence-electron chi connectivity index (χ2n) is 6.62. The zero-order valence-corrected chi connectivity index (χ0v) is 13.4. The highest BCUT2D eigenvalue weighted by Gasteiger charge is 2.15. The Bertz CT molecular complexity index is 419. The fourth-order valence-corrected chi connectivity index (χ4v) is 2.80. The third-order valence-corrected chi connectivity index (χ3v) is 4.20. The van der Waals surface area contributed by atoms with Crippen molar-refractivity contribution in [3.63, 3.8) is 0 Å². The SMILES string of the molecule is CC(C)c1ccc(NCC2CCCOC2)c(C(C)C)c1. The Hall–Kier alpha value is -1.02. The van der Waals surface area contributed by atoms with Gasteiger partial charge in [-0.1, -0.05) is 39.8 Å². The van der Waals surface area contributed by atoms with E-state index in [-0.39, 0.29) is 0 Å². The molecule has 2 rings (SSSR count). The summed E-state index contributed by atoms with van der Waals surface area (Å²) in [5.41, 5.74) is 4.17. The second-order valence-corrected chi connectivity index (χ2v) is 6.62. The molecule has 1 fully saturated rings. The first-order valence-electron chi connectivity index (χ1n) is 8.03. The zero-order valence-electron chi connectivity index (χ0n) is 13.4. The van der Waals surface area contributed by atoms with E-state index >= 15 is 0 Å². The van der Waals surface area contributed by atoms with Gasteiger partial charge in [0.1, 0.15) is 0 Å². The van der Waals surface area contributed by atoms with E-state index in [1.54, 1.807) is 0 Å². The molecule has 1 aromatic rings. The van der Waals surface area contributed by atoms with Crippen LogP contribution in [0.25, 0.3) is 0 Å². The second kappa shape index (κ2) is 7.12. The number of benzene rings is 1. The minimum Gasteiger partial charge on any atom is -0.384 e. The molecule has 20 heavy (non-hydrogen) atoms. The molecule has 1 saturated heterocycles. The van der Waals surface area contributed by atoms with Crippen molar-refractivity contribution >= 4 is 5.69 Å². The summed E-state index contributed by atoms with van der Waals surface area (Å²) in [5.74, 6) is 1.81. The molecule has 1 heterocycles. The largest absolute Gasteiger partial charge is 0.384 e. The molecule has 0 aliphatic carbocycles. The van der Waals surface area contributed by atoms with Crippen LogP contribution in [-0.2, 0) is 4.74 Å². The molecule has 0 amide bonds. The summed E-state index contributed by atoms with van der Waals surface area (Å²) in [6.07, 6.45) is 2.49. The maximum absolute atomic E-state index is 5.56. The fourth-order valence-electron chi connectivity index (χ4n) is 2.80. The highest BCUT2D eigenvalue weighted by Crippen LogP contribution is 2.29. The van der Waals surface area contributed by atoms with Crippen LogP contribution >= 0.6 is 0 Å². The number of hydrogen-bond acceptors (Lipinski definition) is 2. The molecule has 1 unspecified atom stereocenters. The summed E-state index contributed by atoms with van der Waals surface area (Å²) in [7, 11) is 0. The Morgan fingerprint density at radius 1 is 1.20 bits per heavy atom. The Kier molecular flexibility index (Phi) is 5.47. The highest BCUT2D eigenvalue weighted by atomic mass is 16.5. The standard InChI is InChI=1S/C18H29NO/c1-13(2)16-7-8-18(17(10-16)14(3)4)19-11-15-6-5-9-20-12-15/h7-8,10,13-15,19H,5-6,9,11-12H2,1-4H3. The van der Waals surface area contributed by atoms with Crippen LogP contribution in [0.2, 0.25) is 0 Å². The monoisotopic (exact) mass is 275 g/mol. The lowest BCUT2D eigenvalue weighted by Crippen LogP contribution is -2.24. The lowest BCUT2D eigenvalue weighted by molar-refractivity contribution is 0.0595. The van der Waals surface area contributed by atoms with Crippen LogP contribution < -0.4 is 5.32 Å².